The van der Waals surface area contributed by atoms with Crippen molar-refractivity contribution in [3.8, 4) is 5.75 Å². The Hall–Kier alpha value is -3.04. The third kappa shape index (κ3) is 4.35. The van der Waals surface area contributed by atoms with Crippen molar-refractivity contribution in [1.82, 2.24) is 5.32 Å². The van der Waals surface area contributed by atoms with E-state index in [0.717, 1.165) is 11.3 Å². The Bertz CT molecular complexity index is 1180. The number of anilines is 1. The molecule has 196 valence electrons. The van der Waals surface area contributed by atoms with E-state index in [0.29, 0.717) is 31.5 Å². The summed E-state index contributed by atoms with van der Waals surface area (Å²) in [4.78, 5) is 27.6. The highest BCUT2D eigenvalue weighted by atomic mass is 16.3. The molecule has 0 aromatic heterocycles. The monoisotopic (exact) mass is 499 g/mol. The standard InChI is InChI=1S/C27H37N3O6/c1-27(2,3)11-29-10-14-8-16(30(4)5)15-7-12-6-13-9-17(31)21(26(28)36)25(35)19(13)23(33)18(12)24(34)20(15)22(14)32/h8,12-13,19,25,29,31-33,35H,6-7,9-11H2,1-5H3,(H2,28,36). The van der Waals surface area contributed by atoms with Crippen molar-refractivity contribution in [3.05, 3.63) is 45.4 Å². The van der Waals surface area contributed by atoms with Crippen LogP contribution in [0.25, 0.3) is 0 Å². The molecular weight excluding hydrogens is 462 g/mol. The molecule has 9 nitrogen and oxygen atoms in total. The normalized spacial score (nSPS) is 25.9. The van der Waals surface area contributed by atoms with E-state index in [9.17, 15) is 30.0 Å². The first kappa shape index (κ1) is 26.0. The lowest BCUT2D eigenvalue weighted by molar-refractivity contribution is -0.116. The van der Waals surface area contributed by atoms with Crippen LogP contribution in [0.3, 0.4) is 0 Å². The van der Waals surface area contributed by atoms with Crippen LogP contribution < -0.4 is 16.0 Å². The second kappa shape index (κ2) is 9.12. The number of nitrogens with two attached hydrogens (primary N) is 1. The number of primary amides is 1. The SMILES string of the molecule is CN(C)c1cc(CNCC(C)(C)C)c(O)c2c1CC1CC3CC(O)=C(C(N)=O)C(O)C3C(O)=C1C2=O. The van der Waals surface area contributed by atoms with Crippen LogP contribution in [0, 0.1) is 23.2 Å². The molecule has 0 saturated heterocycles. The largest absolute Gasteiger partial charge is 0.512 e. The number of rotatable bonds is 5. The molecule has 4 unspecified atom stereocenters. The number of aliphatic hydroxyl groups is 3. The number of nitrogens with one attached hydrogen (secondary N) is 1. The number of allylic oxidation sites excluding steroid dienone is 2. The molecule has 0 heterocycles. The van der Waals surface area contributed by atoms with Crippen LogP contribution in [0.1, 0.15) is 55.1 Å². The van der Waals surface area contributed by atoms with Crippen molar-refractivity contribution in [2.45, 2.75) is 52.7 Å². The number of fused-ring (bicyclic) bond motifs is 3. The zero-order valence-corrected chi connectivity index (χ0v) is 21.6. The molecule has 7 N–H and O–H groups in total. The summed E-state index contributed by atoms with van der Waals surface area (Å²) in [5, 5.41) is 47.0. The summed E-state index contributed by atoms with van der Waals surface area (Å²) >= 11 is 0. The van der Waals surface area contributed by atoms with Gasteiger partial charge in [-0.05, 0) is 41.7 Å². The summed E-state index contributed by atoms with van der Waals surface area (Å²) in [6.07, 6.45) is -0.573. The van der Waals surface area contributed by atoms with Gasteiger partial charge in [-0.25, -0.2) is 0 Å². The molecule has 4 rings (SSSR count). The number of hydrogen-bond acceptors (Lipinski definition) is 8. The summed E-state index contributed by atoms with van der Waals surface area (Å²) in [6.45, 7) is 7.39. The Morgan fingerprint density at radius 3 is 2.44 bits per heavy atom. The van der Waals surface area contributed by atoms with Crippen LogP contribution in [0.5, 0.6) is 5.75 Å². The molecule has 0 fully saturated rings. The second-order valence-corrected chi connectivity index (χ2v) is 11.7. The van der Waals surface area contributed by atoms with Crippen molar-refractivity contribution >= 4 is 17.4 Å². The second-order valence-electron chi connectivity index (χ2n) is 11.7. The van der Waals surface area contributed by atoms with E-state index < -0.39 is 23.7 Å². The number of carbonyl (C=O) groups excluding carboxylic acids is 2. The first-order chi connectivity index (χ1) is 16.7. The molecule has 3 aliphatic carbocycles. The van der Waals surface area contributed by atoms with Crippen molar-refractivity contribution in [3.63, 3.8) is 0 Å². The maximum absolute atomic E-state index is 13.9. The predicted octanol–water partition coefficient (Wildman–Crippen LogP) is 2.46. The summed E-state index contributed by atoms with van der Waals surface area (Å²) in [6, 6.07) is 1.90. The highest BCUT2D eigenvalue weighted by Crippen LogP contribution is 2.52. The molecule has 1 aromatic carbocycles. The number of Topliss-reactive ketones (excluding diaryl/α,β-unsaturated/α-hetero) is 1. The summed E-state index contributed by atoms with van der Waals surface area (Å²) in [5.41, 5.74) is 7.54. The quantitative estimate of drug-likeness (QED) is 0.361. The maximum Gasteiger partial charge on any atom is 0.250 e. The van der Waals surface area contributed by atoms with Gasteiger partial charge in [0.1, 0.15) is 17.3 Å². The molecule has 0 saturated carbocycles. The third-order valence-electron chi connectivity index (χ3n) is 7.60. The molecule has 3 aliphatic rings. The van der Waals surface area contributed by atoms with Crippen molar-refractivity contribution in [2.24, 2.45) is 28.9 Å². The fourth-order valence-electron chi connectivity index (χ4n) is 6.03. The number of phenols is 1. The van der Waals surface area contributed by atoms with Crippen LogP contribution in [0.15, 0.2) is 28.7 Å². The first-order valence-corrected chi connectivity index (χ1v) is 12.4. The fraction of sp³-hybridized carbons (Fsp3) is 0.556. The smallest absolute Gasteiger partial charge is 0.250 e. The molecule has 36 heavy (non-hydrogen) atoms. The van der Waals surface area contributed by atoms with Crippen LogP contribution in [0.2, 0.25) is 0 Å². The van der Waals surface area contributed by atoms with Gasteiger partial charge in [0, 0.05) is 50.4 Å². The highest BCUT2D eigenvalue weighted by Gasteiger charge is 2.50. The minimum Gasteiger partial charge on any atom is -0.512 e. The number of amides is 1. The van der Waals surface area contributed by atoms with Gasteiger partial charge in [-0.1, -0.05) is 20.8 Å². The number of aliphatic hydroxyl groups excluding tert-OH is 3. The molecule has 0 radical (unpaired) electrons. The molecule has 0 bridgehead atoms. The van der Waals surface area contributed by atoms with E-state index >= 15 is 0 Å². The maximum atomic E-state index is 13.9. The van der Waals surface area contributed by atoms with E-state index in [-0.39, 0.29) is 57.6 Å². The van der Waals surface area contributed by atoms with Crippen LogP contribution in [-0.2, 0) is 17.8 Å². The Labute approximate surface area is 211 Å². The van der Waals surface area contributed by atoms with Gasteiger partial charge >= 0.3 is 0 Å². The van der Waals surface area contributed by atoms with Crippen molar-refractivity contribution in [2.75, 3.05) is 25.5 Å². The lowest BCUT2D eigenvalue weighted by atomic mass is 9.62. The van der Waals surface area contributed by atoms with Crippen LogP contribution in [0.4, 0.5) is 5.69 Å². The van der Waals surface area contributed by atoms with E-state index in [4.69, 9.17) is 5.73 Å². The van der Waals surface area contributed by atoms with E-state index in [2.05, 4.69) is 26.1 Å². The minimum absolute atomic E-state index is 0.0416. The number of ketones is 1. The molecular formula is C27H37N3O6. The lowest BCUT2D eigenvalue weighted by Crippen LogP contribution is -2.45. The average molecular weight is 500 g/mol. The molecule has 0 spiro atoms. The Kier molecular flexibility index (Phi) is 6.59. The van der Waals surface area contributed by atoms with Gasteiger partial charge in [-0.2, -0.15) is 0 Å². The molecule has 1 aromatic rings. The first-order valence-electron chi connectivity index (χ1n) is 12.4. The fourth-order valence-corrected chi connectivity index (χ4v) is 6.03. The van der Waals surface area contributed by atoms with Crippen LogP contribution >= 0.6 is 0 Å². The average Bonchev–Trinajstić information content (AvgIpc) is 2.73. The summed E-state index contributed by atoms with van der Waals surface area (Å²) in [7, 11) is 3.77. The minimum atomic E-state index is -1.51. The van der Waals surface area contributed by atoms with Crippen molar-refractivity contribution < 1.29 is 30.0 Å². The summed E-state index contributed by atoms with van der Waals surface area (Å²) in [5.74, 6) is -3.72. The highest BCUT2D eigenvalue weighted by molar-refractivity contribution is 6.14. The van der Waals surface area contributed by atoms with Gasteiger partial charge in [0.05, 0.1) is 23.2 Å². The zero-order valence-electron chi connectivity index (χ0n) is 21.6. The number of phenolic OH excluding ortho intramolecular Hbond substituents is 1. The Morgan fingerprint density at radius 1 is 1.19 bits per heavy atom. The van der Waals surface area contributed by atoms with Gasteiger partial charge in [0.25, 0.3) is 5.91 Å². The van der Waals surface area contributed by atoms with Crippen LogP contribution in [-0.4, -0.2) is 58.9 Å². The van der Waals surface area contributed by atoms with Gasteiger partial charge in [0.2, 0.25) is 0 Å². The molecule has 4 atom stereocenters. The number of benzene rings is 1. The van der Waals surface area contributed by atoms with Gasteiger partial charge in [0.15, 0.2) is 5.78 Å². The van der Waals surface area contributed by atoms with E-state index in [1.165, 1.54) is 0 Å². The lowest BCUT2D eigenvalue weighted by Gasteiger charge is -2.44. The third-order valence-corrected chi connectivity index (χ3v) is 7.60. The summed E-state index contributed by atoms with van der Waals surface area (Å²) < 4.78 is 0. The van der Waals surface area contributed by atoms with Gasteiger partial charge in [-0.15, -0.1) is 0 Å². The van der Waals surface area contributed by atoms with Gasteiger partial charge in [-0.3, -0.25) is 9.59 Å². The van der Waals surface area contributed by atoms with E-state index in [1.54, 1.807) is 0 Å². The van der Waals surface area contributed by atoms with Crippen molar-refractivity contribution in [1.29, 1.82) is 0 Å². The number of hydrogen-bond donors (Lipinski definition) is 6. The molecule has 1 amide bonds. The number of aromatic hydroxyl groups is 1. The topological polar surface area (TPSA) is 156 Å². The zero-order chi connectivity index (χ0) is 26.7. The predicted molar refractivity (Wildman–Crippen MR) is 136 cm³/mol. The van der Waals surface area contributed by atoms with Gasteiger partial charge < -0.3 is 36.4 Å². The molecule has 9 heteroatoms. The number of nitrogens with zero attached hydrogens (tertiary/aromatic N) is 1. The Balaban J connectivity index is 1.79. The number of carbonyl (C=O) groups is 2. The van der Waals surface area contributed by atoms with E-state index in [1.807, 2.05) is 25.1 Å². The molecule has 0 aliphatic heterocycles. The Morgan fingerprint density at radius 2 is 1.86 bits per heavy atom.